The maximum Gasteiger partial charge on any atom is 0.215 e. The van der Waals surface area contributed by atoms with Crippen LogP contribution in [0.5, 0.6) is 0 Å². The zero-order chi connectivity index (χ0) is 12.4. The molecule has 0 N–H and O–H groups in total. The Bertz CT molecular complexity index is 538. The van der Waals surface area contributed by atoms with Gasteiger partial charge in [-0.3, -0.25) is 0 Å². The van der Waals surface area contributed by atoms with Gasteiger partial charge in [0.1, 0.15) is 9.63 Å². The predicted octanol–water partition coefficient (Wildman–Crippen LogP) is 3.10. The summed E-state index contributed by atoms with van der Waals surface area (Å²) in [4.78, 5) is 4.39. The van der Waals surface area contributed by atoms with Gasteiger partial charge in [0.25, 0.3) is 0 Å². The van der Waals surface area contributed by atoms with Crippen LogP contribution in [0.15, 0.2) is 33.0 Å². The summed E-state index contributed by atoms with van der Waals surface area (Å²) in [6, 6.07) is 6.28. The highest BCUT2D eigenvalue weighted by Gasteiger charge is 2.22. The van der Waals surface area contributed by atoms with Gasteiger partial charge in [-0.1, -0.05) is 18.9 Å². The third-order valence-corrected chi connectivity index (χ3v) is 4.35. The summed E-state index contributed by atoms with van der Waals surface area (Å²) < 4.78 is 2.77. The molecule has 2 aromatic rings. The quantitative estimate of drug-likeness (QED) is 0.811. The normalized spacial score (nSPS) is 16.3. The Morgan fingerprint density at radius 2 is 2.11 bits per heavy atom. The van der Waals surface area contributed by atoms with E-state index >= 15 is 0 Å². The molecule has 0 bridgehead atoms. The highest BCUT2D eigenvalue weighted by molar-refractivity contribution is 9.10. The predicted molar refractivity (Wildman–Crippen MR) is 71.4 cm³/mol. The molecule has 0 aromatic carbocycles. The molecule has 1 saturated carbocycles. The Balaban J connectivity index is 1.82. The molecular weight excluding hydrogens is 314 g/mol. The zero-order valence-electron chi connectivity index (χ0n) is 9.66. The van der Waals surface area contributed by atoms with E-state index in [-0.39, 0.29) is 0 Å². The first-order chi connectivity index (χ1) is 8.83. The lowest BCUT2D eigenvalue weighted by Gasteiger charge is -2.10. The molecule has 94 valence electrons. The summed E-state index contributed by atoms with van der Waals surface area (Å²) in [5.74, 6) is 0. The number of rotatable bonds is 3. The highest BCUT2D eigenvalue weighted by Crippen LogP contribution is 2.33. The van der Waals surface area contributed by atoms with E-state index in [2.05, 4.69) is 36.4 Å². The molecule has 0 saturated heterocycles. The number of aromatic nitrogens is 5. The van der Waals surface area contributed by atoms with Crippen molar-refractivity contribution in [3.63, 3.8) is 0 Å². The van der Waals surface area contributed by atoms with E-state index in [1.165, 1.54) is 37.4 Å². The molecule has 1 aliphatic rings. The first kappa shape index (κ1) is 12.1. The topological polar surface area (TPSA) is 56.5 Å². The molecule has 2 heterocycles. The first-order valence-electron chi connectivity index (χ1n) is 5.91. The van der Waals surface area contributed by atoms with Crippen LogP contribution < -0.4 is 0 Å². The molecule has 1 fully saturated rings. The van der Waals surface area contributed by atoms with Gasteiger partial charge in [-0.25, -0.2) is 9.67 Å². The Hall–Kier alpha value is -0.950. The van der Waals surface area contributed by atoms with E-state index in [1.807, 2.05) is 22.9 Å². The molecule has 0 unspecified atom stereocenters. The molecule has 18 heavy (non-hydrogen) atoms. The fraction of sp³-hybridized carbons (Fsp3) is 0.455. The molecule has 5 nitrogen and oxygen atoms in total. The monoisotopic (exact) mass is 325 g/mol. The molecule has 0 aliphatic heterocycles. The fourth-order valence-corrected chi connectivity index (χ4v) is 3.47. The summed E-state index contributed by atoms with van der Waals surface area (Å²) >= 11 is 4.88. The van der Waals surface area contributed by atoms with Gasteiger partial charge in [-0.15, -0.1) is 5.10 Å². The summed E-state index contributed by atoms with van der Waals surface area (Å²) in [7, 11) is 0. The third kappa shape index (κ3) is 2.56. The van der Waals surface area contributed by atoms with E-state index in [9.17, 15) is 0 Å². The standard InChI is InChI=1S/C11H12BrN5S/c12-9-6-3-7-10(13-9)18-11-14-15-16-17(11)8-4-1-2-5-8/h3,6-8H,1-2,4-5H2. The summed E-state index contributed by atoms with van der Waals surface area (Å²) in [5.41, 5.74) is 0. The minimum Gasteiger partial charge on any atom is -0.234 e. The maximum absolute atomic E-state index is 4.39. The van der Waals surface area contributed by atoms with E-state index in [0.29, 0.717) is 6.04 Å². The van der Waals surface area contributed by atoms with E-state index in [1.54, 1.807) is 0 Å². The van der Waals surface area contributed by atoms with Crippen LogP contribution in [0.25, 0.3) is 0 Å². The van der Waals surface area contributed by atoms with Gasteiger partial charge in [0.2, 0.25) is 5.16 Å². The zero-order valence-corrected chi connectivity index (χ0v) is 12.1. The molecule has 1 aliphatic carbocycles. The average molecular weight is 326 g/mol. The van der Waals surface area contributed by atoms with Gasteiger partial charge in [-0.2, -0.15) is 0 Å². The smallest absolute Gasteiger partial charge is 0.215 e. The van der Waals surface area contributed by atoms with Crippen LogP contribution in [0.1, 0.15) is 31.7 Å². The molecule has 3 rings (SSSR count). The number of tetrazole rings is 1. The van der Waals surface area contributed by atoms with Crippen LogP contribution in [0.2, 0.25) is 0 Å². The Labute approximate surface area is 118 Å². The molecular formula is C11H12BrN5S. The van der Waals surface area contributed by atoms with Gasteiger partial charge < -0.3 is 0 Å². The average Bonchev–Trinajstić information content (AvgIpc) is 2.98. The first-order valence-corrected chi connectivity index (χ1v) is 7.52. The van der Waals surface area contributed by atoms with Crippen molar-refractivity contribution in [2.24, 2.45) is 0 Å². The SMILES string of the molecule is Brc1cccc(Sc2nnnn2C2CCCC2)n1. The van der Waals surface area contributed by atoms with Crippen molar-refractivity contribution in [3.05, 3.63) is 22.8 Å². The van der Waals surface area contributed by atoms with Crippen LogP contribution in [0.3, 0.4) is 0 Å². The molecule has 0 atom stereocenters. The van der Waals surface area contributed by atoms with Crippen molar-refractivity contribution >= 4 is 27.7 Å². The lowest BCUT2D eigenvalue weighted by atomic mass is 10.3. The number of hydrogen-bond acceptors (Lipinski definition) is 5. The van der Waals surface area contributed by atoms with E-state index in [0.717, 1.165) is 14.8 Å². The van der Waals surface area contributed by atoms with Gasteiger partial charge >= 0.3 is 0 Å². The lowest BCUT2D eigenvalue weighted by Crippen LogP contribution is -2.08. The third-order valence-electron chi connectivity index (χ3n) is 3.02. The fourth-order valence-electron chi connectivity index (χ4n) is 2.17. The van der Waals surface area contributed by atoms with Gasteiger partial charge in [-0.05, 0) is 63.1 Å². The van der Waals surface area contributed by atoms with Gasteiger partial charge in [0.05, 0.1) is 6.04 Å². The van der Waals surface area contributed by atoms with Crippen molar-refractivity contribution in [1.82, 2.24) is 25.2 Å². The van der Waals surface area contributed by atoms with Crippen molar-refractivity contribution in [1.29, 1.82) is 0 Å². The summed E-state index contributed by atoms with van der Waals surface area (Å²) in [6.45, 7) is 0. The molecule has 7 heteroatoms. The van der Waals surface area contributed by atoms with E-state index < -0.39 is 0 Å². The molecule has 0 amide bonds. The van der Waals surface area contributed by atoms with Gasteiger partial charge in [0.15, 0.2) is 0 Å². The number of halogens is 1. The number of hydrogen-bond donors (Lipinski definition) is 0. The van der Waals surface area contributed by atoms with E-state index in [4.69, 9.17) is 0 Å². The van der Waals surface area contributed by atoms with Crippen molar-refractivity contribution in [2.45, 2.75) is 41.9 Å². The molecule has 0 radical (unpaired) electrons. The lowest BCUT2D eigenvalue weighted by molar-refractivity contribution is 0.423. The van der Waals surface area contributed by atoms with Crippen LogP contribution in [0.4, 0.5) is 0 Å². The van der Waals surface area contributed by atoms with Crippen LogP contribution >= 0.6 is 27.7 Å². The number of nitrogens with zero attached hydrogens (tertiary/aromatic N) is 5. The summed E-state index contributed by atoms with van der Waals surface area (Å²) in [6.07, 6.45) is 4.88. The van der Waals surface area contributed by atoms with Crippen molar-refractivity contribution < 1.29 is 0 Å². The Morgan fingerprint density at radius 3 is 2.89 bits per heavy atom. The van der Waals surface area contributed by atoms with Crippen LogP contribution in [-0.2, 0) is 0 Å². The van der Waals surface area contributed by atoms with Crippen LogP contribution in [-0.4, -0.2) is 25.2 Å². The minimum atomic E-state index is 0.453. The second-order valence-corrected chi connectivity index (χ2v) is 6.04. The molecule has 2 aromatic heterocycles. The molecule has 0 spiro atoms. The van der Waals surface area contributed by atoms with Crippen molar-refractivity contribution in [3.8, 4) is 0 Å². The largest absolute Gasteiger partial charge is 0.234 e. The second-order valence-electron chi connectivity index (χ2n) is 4.24. The Kier molecular flexibility index (Phi) is 3.60. The maximum atomic E-state index is 4.39. The highest BCUT2D eigenvalue weighted by atomic mass is 79.9. The second kappa shape index (κ2) is 5.36. The number of pyridine rings is 1. The van der Waals surface area contributed by atoms with Crippen molar-refractivity contribution in [2.75, 3.05) is 0 Å². The van der Waals surface area contributed by atoms with Gasteiger partial charge in [0, 0.05) is 0 Å². The Morgan fingerprint density at radius 1 is 1.28 bits per heavy atom. The van der Waals surface area contributed by atoms with Crippen LogP contribution in [0, 0.1) is 0 Å². The minimum absolute atomic E-state index is 0.453. The summed E-state index contributed by atoms with van der Waals surface area (Å²) in [5, 5.41) is 13.7.